The number of carbonyl (C=O) groups is 1. The van der Waals surface area contributed by atoms with Gasteiger partial charge in [-0.2, -0.15) is 5.10 Å². The third-order valence-corrected chi connectivity index (χ3v) is 4.36. The minimum absolute atomic E-state index is 0.290. The summed E-state index contributed by atoms with van der Waals surface area (Å²) in [5.41, 5.74) is 7.12. The highest BCUT2D eigenvalue weighted by Gasteiger charge is 2.13. The summed E-state index contributed by atoms with van der Waals surface area (Å²) in [4.78, 5) is 25.6. The first-order chi connectivity index (χ1) is 13.7. The molecule has 0 aliphatic carbocycles. The highest BCUT2D eigenvalue weighted by Crippen LogP contribution is 2.24. The Bertz CT molecular complexity index is 1160. The number of hydrogen-bond donors (Lipinski definition) is 1. The van der Waals surface area contributed by atoms with Crippen LogP contribution in [0, 0.1) is 0 Å². The second-order valence-electron chi connectivity index (χ2n) is 6.18. The smallest absolute Gasteiger partial charge is 0.267 e. The first-order valence-corrected chi connectivity index (χ1v) is 8.77. The molecule has 6 nitrogen and oxygen atoms in total. The van der Waals surface area contributed by atoms with Gasteiger partial charge in [0.05, 0.1) is 22.5 Å². The van der Waals surface area contributed by atoms with Crippen molar-refractivity contribution in [2.75, 3.05) is 0 Å². The van der Waals surface area contributed by atoms with Crippen LogP contribution in [-0.4, -0.2) is 26.6 Å². The molecule has 4 aromatic rings. The van der Waals surface area contributed by atoms with Crippen molar-refractivity contribution in [1.82, 2.24) is 20.4 Å². The molecular formula is C22H17N5O. The fourth-order valence-electron chi connectivity index (χ4n) is 2.89. The van der Waals surface area contributed by atoms with Crippen LogP contribution in [0.5, 0.6) is 0 Å². The Morgan fingerprint density at radius 1 is 0.929 bits per heavy atom. The Morgan fingerprint density at radius 3 is 2.36 bits per heavy atom. The molecule has 0 bridgehead atoms. The molecule has 0 aliphatic rings. The van der Waals surface area contributed by atoms with Crippen molar-refractivity contribution >= 4 is 22.5 Å². The minimum atomic E-state index is -0.290. The number of rotatable bonds is 4. The summed E-state index contributed by atoms with van der Waals surface area (Å²) < 4.78 is 0. The maximum Gasteiger partial charge on any atom is 0.272 e. The minimum Gasteiger partial charge on any atom is -0.267 e. The normalized spacial score (nSPS) is 11.4. The largest absolute Gasteiger partial charge is 0.272 e. The number of nitrogens with zero attached hydrogens (tertiary/aromatic N) is 4. The molecule has 1 N–H and O–H groups in total. The molecule has 1 aromatic carbocycles. The quantitative estimate of drug-likeness (QED) is 0.439. The number of amides is 1. The second-order valence-corrected chi connectivity index (χ2v) is 6.18. The molecule has 0 radical (unpaired) electrons. The zero-order valence-electron chi connectivity index (χ0n) is 15.2. The van der Waals surface area contributed by atoms with Crippen molar-refractivity contribution in [3.8, 4) is 11.3 Å². The number of aromatic nitrogens is 3. The lowest BCUT2D eigenvalue weighted by molar-refractivity contribution is 0.0956. The monoisotopic (exact) mass is 367 g/mol. The Kier molecular flexibility index (Phi) is 4.84. The number of nitrogens with one attached hydrogen (secondary N) is 1. The molecule has 6 heteroatoms. The zero-order valence-corrected chi connectivity index (χ0v) is 15.2. The van der Waals surface area contributed by atoms with Crippen LogP contribution in [0.25, 0.3) is 22.2 Å². The van der Waals surface area contributed by atoms with Crippen molar-refractivity contribution < 1.29 is 4.79 Å². The van der Waals surface area contributed by atoms with Gasteiger partial charge in [0.2, 0.25) is 0 Å². The molecule has 28 heavy (non-hydrogen) atoms. The molecule has 0 aliphatic heterocycles. The number of hydrogen-bond acceptors (Lipinski definition) is 5. The number of para-hydroxylation sites is 1. The average molecular weight is 367 g/mol. The number of fused-ring (bicyclic) bond motifs is 1. The SMILES string of the molecule is CC(=NNC(=O)c1cc(-c2ccncc2)nc2ccccc12)c1ccncc1. The summed E-state index contributed by atoms with van der Waals surface area (Å²) in [6.45, 7) is 1.84. The first-order valence-electron chi connectivity index (χ1n) is 8.77. The molecule has 1 amide bonds. The maximum absolute atomic E-state index is 12.9. The van der Waals surface area contributed by atoms with E-state index in [0.29, 0.717) is 17.0 Å². The highest BCUT2D eigenvalue weighted by atomic mass is 16.2. The van der Waals surface area contributed by atoms with Crippen LogP contribution in [0.4, 0.5) is 0 Å². The maximum atomic E-state index is 12.9. The topological polar surface area (TPSA) is 80.1 Å². The average Bonchev–Trinajstić information content (AvgIpc) is 2.77. The van der Waals surface area contributed by atoms with Gasteiger partial charge in [-0.1, -0.05) is 18.2 Å². The van der Waals surface area contributed by atoms with Gasteiger partial charge in [0.15, 0.2) is 0 Å². The zero-order chi connectivity index (χ0) is 19.3. The standard InChI is InChI=1S/C22H17N5O/c1-15(16-6-10-23-11-7-16)26-27-22(28)19-14-21(17-8-12-24-13-9-17)25-20-5-3-2-4-18(19)20/h2-14H,1H3,(H,27,28). The lowest BCUT2D eigenvalue weighted by Gasteiger charge is -2.09. The van der Waals surface area contributed by atoms with E-state index in [1.807, 2.05) is 55.5 Å². The number of carbonyl (C=O) groups excluding carboxylic acids is 1. The van der Waals surface area contributed by atoms with Gasteiger partial charge in [-0.15, -0.1) is 0 Å². The van der Waals surface area contributed by atoms with Crippen LogP contribution in [0.2, 0.25) is 0 Å². The third-order valence-electron chi connectivity index (χ3n) is 4.36. The van der Waals surface area contributed by atoms with Gasteiger partial charge in [-0.05, 0) is 43.3 Å². The molecule has 3 aromatic heterocycles. The van der Waals surface area contributed by atoms with Gasteiger partial charge in [0, 0.05) is 41.3 Å². The van der Waals surface area contributed by atoms with Crippen LogP contribution in [0.1, 0.15) is 22.8 Å². The molecule has 4 rings (SSSR count). The molecule has 0 saturated heterocycles. The van der Waals surface area contributed by atoms with Gasteiger partial charge in [0.25, 0.3) is 5.91 Å². The van der Waals surface area contributed by atoms with E-state index in [9.17, 15) is 4.79 Å². The van der Waals surface area contributed by atoms with Gasteiger partial charge in [-0.3, -0.25) is 14.8 Å². The van der Waals surface area contributed by atoms with Gasteiger partial charge in [0.1, 0.15) is 0 Å². The molecule has 0 fully saturated rings. The molecule has 0 saturated carbocycles. The second kappa shape index (κ2) is 7.75. The van der Waals surface area contributed by atoms with E-state index in [0.717, 1.165) is 22.0 Å². The van der Waals surface area contributed by atoms with Crippen molar-refractivity contribution in [2.24, 2.45) is 5.10 Å². The van der Waals surface area contributed by atoms with Crippen LogP contribution in [0.15, 0.2) is 84.5 Å². The van der Waals surface area contributed by atoms with Crippen LogP contribution < -0.4 is 5.43 Å². The molecule has 0 atom stereocenters. The number of hydrazone groups is 1. The summed E-state index contributed by atoms with van der Waals surface area (Å²) in [6, 6.07) is 16.8. The van der Waals surface area contributed by atoms with E-state index in [2.05, 4.69) is 25.5 Å². The first kappa shape index (κ1) is 17.5. The summed E-state index contributed by atoms with van der Waals surface area (Å²) >= 11 is 0. The Labute approximate surface area is 162 Å². The lowest BCUT2D eigenvalue weighted by atomic mass is 10.0. The summed E-state index contributed by atoms with van der Waals surface area (Å²) in [5.74, 6) is -0.290. The van der Waals surface area contributed by atoms with E-state index < -0.39 is 0 Å². The van der Waals surface area contributed by atoms with E-state index in [4.69, 9.17) is 0 Å². The Hall–Kier alpha value is -3.93. The van der Waals surface area contributed by atoms with Crippen LogP contribution in [-0.2, 0) is 0 Å². The fourth-order valence-corrected chi connectivity index (χ4v) is 2.89. The van der Waals surface area contributed by atoms with Gasteiger partial charge < -0.3 is 0 Å². The fraction of sp³-hybridized carbons (Fsp3) is 0.0455. The molecule has 0 unspecified atom stereocenters. The van der Waals surface area contributed by atoms with E-state index in [-0.39, 0.29) is 5.91 Å². The van der Waals surface area contributed by atoms with Crippen molar-refractivity contribution in [3.63, 3.8) is 0 Å². The van der Waals surface area contributed by atoms with E-state index >= 15 is 0 Å². The van der Waals surface area contributed by atoms with Crippen molar-refractivity contribution in [2.45, 2.75) is 6.92 Å². The number of benzene rings is 1. The molecular weight excluding hydrogens is 350 g/mol. The summed E-state index contributed by atoms with van der Waals surface area (Å²) in [7, 11) is 0. The van der Waals surface area contributed by atoms with Gasteiger partial charge >= 0.3 is 0 Å². The Morgan fingerprint density at radius 2 is 1.61 bits per heavy atom. The molecule has 136 valence electrons. The predicted octanol–water partition coefficient (Wildman–Crippen LogP) is 3.85. The number of pyridine rings is 3. The van der Waals surface area contributed by atoms with E-state index in [1.165, 1.54) is 0 Å². The van der Waals surface area contributed by atoms with Crippen LogP contribution in [0.3, 0.4) is 0 Å². The summed E-state index contributed by atoms with van der Waals surface area (Å²) in [5, 5.41) is 5.01. The lowest BCUT2D eigenvalue weighted by Crippen LogP contribution is -2.20. The summed E-state index contributed by atoms with van der Waals surface area (Å²) in [6.07, 6.45) is 6.78. The van der Waals surface area contributed by atoms with Crippen molar-refractivity contribution in [3.05, 3.63) is 90.5 Å². The van der Waals surface area contributed by atoms with Gasteiger partial charge in [-0.25, -0.2) is 10.4 Å². The highest BCUT2D eigenvalue weighted by molar-refractivity contribution is 6.08. The predicted molar refractivity (Wildman–Crippen MR) is 109 cm³/mol. The van der Waals surface area contributed by atoms with E-state index in [1.54, 1.807) is 30.9 Å². The molecule has 3 heterocycles. The van der Waals surface area contributed by atoms with Crippen molar-refractivity contribution in [1.29, 1.82) is 0 Å². The van der Waals surface area contributed by atoms with Crippen LogP contribution >= 0.6 is 0 Å². The third kappa shape index (κ3) is 3.61. The molecule has 0 spiro atoms. The Balaban J connectivity index is 1.72.